The summed E-state index contributed by atoms with van der Waals surface area (Å²) in [6, 6.07) is 11.6. The van der Waals surface area contributed by atoms with E-state index < -0.39 is 21.5 Å². The Labute approximate surface area is 264 Å². The molecule has 1 fully saturated rings. The molecule has 6 aromatic rings. The van der Waals surface area contributed by atoms with Gasteiger partial charge in [-0.25, -0.2) is 22.2 Å². The van der Waals surface area contributed by atoms with Crippen LogP contribution in [-0.2, 0) is 22.8 Å². The van der Waals surface area contributed by atoms with Gasteiger partial charge in [-0.05, 0) is 85.3 Å². The fourth-order valence-electron chi connectivity index (χ4n) is 6.33. The molecular weight excluding hydrogens is 608 g/mol. The van der Waals surface area contributed by atoms with Crippen molar-refractivity contribution in [2.75, 3.05) is 18.6 Å². The van der Waals surface area contributed by atoms with Gasteiger partial charge >= 0.3 is 0 Å². The third-order valence-corrected chi connectivity index (χ3v) is 9.57. The molecule has 0 radical (unpaired) electrons. The maximum atomic E-state index is 16.3. The Morgan fingerprint density at radius 3 is 2.61 bits per heavy atom. The van der Waals surface area contributed by atoms with Crippen molar-refractivity contribution in [3.05, 3.63) is 83.8 Å². The molecule has 4 aromatic heterocycles. The van der Waals surface area contributed by atoms with Gasteiger partial charge in [0.2, 0.25) is 0 Å². The standard InChI is InChI=1S/C34H33F2N7O2S/c1-46(44,45)11-9-21-12-23(15-25(35)14-21)31-32-28(8-10-39-31)40-34(41-32)33-29-27(42-43-33)7-6-26(30(29)36)24-13-22(18-38-19-24)17-37-16-20-4-2-3-5-20/h6-8,10,12-15,18-20,37H,2-5,9,11,16-17H2,1H3,(H,40,41)(H,42,43). The summed E-state index contributed by atoms with van der Waals surface area (Å²) < 4.78 is 54.3. The van der Waals surface area contributed by atoms with Crippen LogP contribution >= 0.6 is 0 Å². The number of aryl methyl sites for hydroxylation is 1. The molecule has 0 saturated heterocycles. The highest BCUT2D eigenvalue weighted by Gasteiger charge is 2.21. The summed E-state index contributed by atoms with van der Waals surface area (Å²) in [4.78, 5) is 16.8. The lowest BCUT2D eigenvalue weighted by atomic mass is 10.0. The average Bonchev–Trinajstić information content (AvgIpc) is 3.80. The van der Waals surface area contributed by atoms with Crippen LogP contribution in [0.2, 0.25) is 0 Å². The second-order valence-electron chi connectivity index (χ2n) is 12.2. The zero-order chi connectivity index (χ0) is 31.8. The van der Waals surface area contributed by atoms with Gasteiger partial charge in [0.05, 0.1) is 27.9 Å². The van der Waals surface area contributed by atoms with Gasteiger partial charge < -0.3 is 10.3 Å². The van der Waals surface area contributed by atoms with E-state index in [0.717, 1.165) is 24.3 Å². The number of halogens is 2. The van der Waals surface area contributed by atoms with Crippen molar-refractivity contribution >= 4 is 31.8 Å². The summed E-state index contributed by atoms with van der Waals surface area (Å²) in [5, 5.41) is 11.1. The number of benzene rings is 2. The number of hydrogen-bond donors (Lipinski definition) is 3. The molecule has 3 N–H and O–H groups in total. The van der Waals surface area contributed by atoms with Crippen molar-refractivity contribution in [2.45, 2.75) is 38.6 Å². The minimum absolute atomic E-state index is 0.0997. The first-order valence-corrected chi connectivity index (χ1v) is 17.4. The molecule has 0 aliphatic heterocycles. The Hall–Kier alpha value is -4.55. The van der Waals surface area contributed by atoms with E-state index in [1.165, 1.54) is 37.8 Å². The summed E-state index contributed by atoms with van der Waals surface area (Å²) in [5.74, 6) is -0.00958. The fraction of sp³-hybridized carbons (Fsp3) is 0.294. The van der Waals surface area contributed by atoms with Crippen LogP contribution in [0.15, 0.2) is 61.1 Å². The molecule has 0 amide bonds. The van der Waals surface area contributed by atoms with Crippen LogP contribution < -0.4 is 5.32 Å². The molecule has 236 valence electrons. The number of aromatic amines is 2. The zero-order valence-electron chi connectivity index (χ0n) is 25.3. The Bertz CT molecular complexity index is 2170. The quantitative estimate of drug-likeness (QED) is 0.158. The zero-order valence-corrected chi connectivity index (χ0v) is 26.1. The minimum atomic E-state index is -3.22. The molecule has 4 heterocycles. The topological polar surface area (TPSA) is 129 Å². The lowest BCUT2D eigenvalue weighted by molar-refractivity contribution is 0.489. The van der Waals surface area contributed by atoms with Crippen LogP contribution in [-0.4, -0.2) is 57.1 Å². The van der Waals surface area contributed by atoms with Crippen molar-refractivity contribution in [3.8, 4) is 33.9 Å². The van der Waals surface area contributed by atoms with Crippen LogP contribution in [0.1, 0.15) is 36.8 Å². The van der Waals surface area contributed by atoms with Crippen LogP contribution in [0.4, 0.5) is 8.78 Å². The molecule has 1 saturated carbocycles. The Morgan fingerprint density at radius 2 is 1.78 bits per heavy atom. The number of nitrogens with one attached hydrogen (secondary N) is 3. The van der Waals surface area contributed by atoms with Crippen LogP contribution in [0, 0.1) is 17.6 Å². The predicted molar refractivity (Wildman–Crippen MR) is 175 cm³/mol. The van der Waals surface area contributed by atoms with Crippen molar-refractivity contribution in [2.24, 2.45) is 5.92 Å². The van der Waals surface area contributed by atoms with Gasteiger partial charge in [0.1, 0.15) is 32.7 Å². The van der Waals surface area contributed by atoms with Crippen molar-refractivity contribution < 1.29 is 17.2 Å². The Balaban J connectivity index is 1.22. The van der Waals surface area contributed by atoms with Gasteiger partial charge in [-0.15, -0.1) is 0 Å². The number of fused-ring (bicyclic) bond motifs is 2. The van der Waals surface area contributed by atoms with Crippen molar-refractivity contribution in [1.82, 2.24) is 35.5 Å². The summed E-state index contributed by atoms with van der Waals surface area (Å²) in [6.45, 7) is 1.64. The first kappa shape index (κ1) is 30.1. The van der Waals surface area contributed by atoms with E-state index in [-0.39, 0.29) is 17.6 Å². The summed E-state index contributed by atoms with van der Waals surface area (Å²) in [7, 11) is -3.22. The Morgan fingerprint density at radius 1 is 0.957 bits per heavy atom. The van der Waals surface area contributed by atoms with E-state index in [9.17, 15) is 12.8 Å². The highest BCUT2D eigenvalue weighted by molar-refractivity contribution is 7.90. The molecule has 46 heavy (non-hydrogen) atoms. The van der Waals surface area contributed by atoms with Crippen molar-refractivity contribution in [1.29, 1.82) is 0 Å². The molecule has 2 aromatic carbocycles. The normalized spacial score (nSPS) is 14.2. The number of pyridine rings is 2. The summed E-state index contributed by atoms with van der Waals surface area (Å²) >= 11 is 0. The third-order valence-electron chi connectivity index (χ3n) is 8.63. The average molecular weight is 642 g/mol. The molecule has 0 atom stereocenters. The van der Waals surface area contributed by atoms with E-state index in [1.807, 2.05) is 6.07 Å². The molecule has 12 heteroatoms. The molecule has 0 bridgehead atoms. The summed E-state index contributed by atoms with van der Waals surface area (Å²) in [5.41, 5.74) is 5.32. The van der Waals surface area contributed by atoms with E-state index in [2.05, 4.69) is 30.5 Å². The number of aromatic nitrogens is 6. The smallest absolute Gasteiger partial charge is 0.159 e. The highest BCUT2D eigenvalue weighted by Crippen LogP contribution is 2.35. The number of H-pyrrole nitrogens is 2. The number of rotatable bonds is 10. The third kappa shape index (κ3) is 6.27. The largest absolute Gasteiger partial charge is 0.336 e. The lowest BCUT2D eigenvalue weighted by Gasteiger charge is -2.11. The number of imidazole rings is 1. The van der Waals surface area contributed by atoms with Gasteiger partial charge in [0, 0.05) is 48.1 Å². The fourth-order valence-corrected chi connectivity index (χ4v) is 6.93. The second kappa shape index (κ2) is 12.3. The monoisotopic (exact) mass is 641 g/mol. The molecule has 1 aliphatic rings. The van der Waals surface area contributed by atoms with Gasteiger partial charge in [-0.3, -0.25) is 15.1 Å². The van der Waals surface area contributed by atoms with Gasteiger partial charge in [-0.1, -0.05) is 12.8 Å². The molecule has 1 aliphatic carbocycles. The van der Waals surface area contributed by atoms with Crippen molar-refractivity contribution in [3.63, 3.8) is 0 Å². The predicted octanol–water partition coefficient (Wildman–Crippen LogP) is 6.38. The van der Waals surface area contributed by atoms with Crippen LogP contribution in [0.5, 0.6) is 0 Å². The first-order chi connectivity index (χ1) is 22.2. The van der Waals surface area contributed by atoms with E-state index >= 15 is 4.39 Å². The maximum absolute atomic E-state index is 16.3. The SMILES string of the molecule is CS(=O)(=O)CCc1cc(F)cc(-c2nccc3[nH]c(-c4n[nH]c5ccc(-c6cncc(CNCC7CCCC7)c6)c(F)c45)nc23)c1. The molecule has 0 spiro atoms. The maximum Gasteiger partial charge on any atom is 0.159 e. The van der Waals surface area contributed by atoms with Crippen LogP contribution in [0.25, 0.3) is 55.8 Å². The van der Waals surface area contributed by atoms with Gasteiger partial charge in [0.25, 0.3) is 0 Å². The van der Waals surface area contributed by atoms with E-state index in [4.69, 9.17) is 4.98 Å². The Kier molecular flexibility index (Phi) is 8.07. The van der Waals surface area contributed by atoms with Gasteiger partial charge in [-0.2, -0.15) is 5.10 Å². The molecule has 9 nitrogen and oxygen atoms in total. The first-order valence-electron chi connectivity index (χ1n) is 15.4. The number of sulfone groups is 1. The van der Waals surface area contributed by atoms with E-state index in [0.29, 0.717) is 62.6 Å². The second-order valence-corrected chi connectivity index (χ2v) is 14.4. The summed E-state index contributed by atoms with van der Waals surface area (Å²) in [6.07, 6.45) is 11.5. The molecule has 7 rings (SSSR count). The molecular formula is C34H33F2N7O2S. The molecule has 0 unspecified atom stereocenters. The van der Waals surface area contributed by atoms with Gasteiger partial charge in [0.15, 0.2) is 5.82 Å². The van der Waals surface area contributed by atoms with Crippen LogP contribution in [0.3, 0.4) is 0 Å². The number of hydrogen-bond acceptors (Lipinski definition) is 7. The minimum Gasteiger partial charge on any atom is -0.336 e. The number of nitrogens with zero attached hydrogens (tertiary/aromatic N) is 4. The van der Waals surface area contributed by atoms with E-state index in [1.54, 1.807) is 42.9 Å². The highest BCUT2D eigenvalue weighted by atomic mass is 32.2. The lowest BCUT2D eigenvalue weighted by Crippen LogP contribution is -2.20.